The van der Waals surface area contributed by atoms with E-state index in [1.54, 1.807) is 25.1 Å². The van der Waals surface area contributed by atoms with Gasteiger partial charge < -0.3 is 9.64 Å². The molecule has 2 aliphatic heterocycles. The number of sulfonamides is 1. The second kappa shape index (κ2) is 6.19. The quantitative estimate of drug-likeness (QED) is 0.764. The lowest BCUT2D eigenvalue weighted by molar-refractivity contribution is 0.301. The van der Waals surface area contributed by atoms with Gasteiger partial charge in [-0.05, 0) is 36.8 Å². The van der Waals surface area contributed by atoms with Gasteiger partial charge in [-0.25, -0.2) is 8.42 Å². The van der Waals surface area contributed by atoms with Gasteiger partial charge in [0.05, 0.1) is 10.8 Å². The van der Waals surface area contributed by atoms with Crippen molar-refractivity contribution >= 4 is 44.6 Å². The Morgan fingerprint density at radius 1 is 1.39 bits per heavy atom. The number of rotatable bonds is 3. The van der Waals surface area contributed by atoms with Crippen molar-refractivity contribution in [2.75, 3.05) is 12.3 Å². The van der Waals surface area contributed by atoms with Gasteiger partial charge in [0.1, 0.15) is 5.75 Å². The molecule has 0 bridgehead atoms. The lowest BCUT2D eigenvalue weighted by Gasteiger charge is -2.29. The summed E-state index contributed by atoms with van der Waals surface area (Å²) in [4.78, 5) is 1.82. The summed E-state index contributed by atoms with van der Waals surface area (Å²) in [5, 5.41) is 0.399. The van der Waals surface area contributed by atoms with Crippen molar-refractivity contribution < 1.29 is 13.2 Å². The summed E-state index contributed by atoms with van der Waals surface area (Å²) >= 11 is 12.0. The second-order valence-corrected chi connectivity index (χ2v) is 7.90. The van der Waals surface area contributed by atoms with Crippen LogP contribution in [0.1, 0.15) is 12.5 Å². The Balaban J connectivity index is 2.01. The average Bonchev–Trinajstić information content (AvgIpc) is 2.47. The number of allylic oxidation sites excluding steroid dienone is 2. The number of alkyl halides is 1. The molecular formula is C15H14Cl2N2O3S. The molecule has 0 radical (unpaired) electrons. The molecule has 0 aromatic heterocycles. The predicted molar refractivity (Wildman–Crippen MR) is 92.4 cm³/mol. The van der Waals surface area contributed by atoms with Crippen LogP contribution in [0.3, 0.4) is 0 Å². The minimum absolute atomic E-state index is 0.00919. The molecule has 2 aliphatic rings. The maximum absolute atomic E-state index is 11.8. The molecule has 1 atom stereocenters. The van der Waals surface area contributed by atoms with Crippen LogP contribution in [0.15, 0.2) is 40.9 Å². The molecule has 5 nitrogen and oxygen atoms in total. The summed E-state index contributed by atoms with van der Waals surface area (Å²) in [6.45, 7) is 2.08. The normalized spacial score (nSPS) is 20.4. The highest BCUT2D eigenvalue weighted by atomic mass is 35.5. The smallest absolute Gasteiger partial charge is 0.256 e. The van der Waals surface area contributed by atoms with Gasteiger partial charge in [-0.2, -0.15) is 0 Å². The maximum Gasteiger partial charge on any atom is 0.256 e. The molecule has 122 valence electrons. The standard InChI is InChI=1S/C15H14Cl2N2O3S/c1-10(16)22-14-5-4-11(9-13(14)17)12-3-2-6-19-7-8-23(20,21)18-15(12)19/h2-6,9-10H,7-8H2,1H3. The first kappa shape index (κ1) is 16.4. The van der Waals surface area contributed by atoms with E-state index in [-0.39, 0.29) is 5.75 Å². The third-order valence-corrected chi connectivity index (χ3v) is 4.92. The number of hydrogen-bond donors (Lipinski definition) is 0. The zero-order valence-corrected chi connectivity index (χ0v) is 14.6. The number of benzene rings is 1. The molecule has 2 heterocycles. The van der Waals surface area contributed by atoms with Gasteiger partial charge in [-0.3, -0.25) is 0 Å². The molecular weight excluding hydrogens is 359 g/mol. The zero-order valence-electron chi connectivity index (χ0n) is 12.2. The molecule has 0 saturated heterocycles. The molecule has 0 fully saturated rings. The molecule has 23 heavy (non-hydrogen) atoms. The molecule has 0 N–H and O–H groups in total. The van der Waals surface area contributed by atoms with Crippen LogP contribution < -0.4 is 4.74 Å². The largest absolute Gasteiger partial charge is 0.473 e. The van der Waals surface area contributed by atoms with E-state index < -0.39 is 15.6 Å². The lowest BCUT2D eigenvalue weighted by Crippen LogP contribution is -2.37. The summed E-state index contributed by atoms with van der Waals surface area (Å²) in [5.41, 5.74) is 0.955. The van der Waals surface area contributed by atoms with Crippen molar-refractivity contribution in [2.45, 2.75) is 12.5 Å². The van der Waals surface area contributed by atoms with Gasteiger partial charge in [0.2, 0.25) is 0 Å². The molecule has 0 aliphatic carbocycles. The Hall–Kier alpha value is -1.50. The number of nitrogens with zero attached hydrogens (tertiary/aromatic N) is 2. The Morgan fingerprint density at radius 3 is 2.87 bits per heavy atom. The van der Waals surface area contributed by atoms with Crippen LogP contribution in [0.5, 0.6) is 5.75 Å². The highest BCUT2D eigenvalue weighted by molar-refractivity contribution is 7.90. The van der Waals surface area contributed by atoms with Crippen molar-refractivity contribution in [3.05, 3.63) is 47.1 Å². The molecule has 1 aromatic rings. The van der Waals surface area contributed by atoms with Crippen LogP contribution in [0.2, 0.25) is 5.02 Å². The summed E-state index contributed by atoms with van der Waals surface area (Å²) in [5.74, 6) is 0.893. The van der Waals surface area contributed by atoms with Crippen molar-refractivity contribution in [1.29, 1.82) is 0 Å². The van der Waals surface area contributed by atoms with Gasteiger partial charge in [0.15, 0.2) is 11.4 Å². The van der Waals surface area contributed by atoms with Crippen LogP contribution in [-0.4, -0.2) is 37.0 Å². The van der Waals surface area contributed by atoms with Gasteiger partial charge in [0.25, 0.3) is 10.0 Å². The van der Waals surface area contributed by atoms with Crippen molar-refractivity contribution in [3.63, 3.8) is 0 Å². The van der Waals surface area contributed by atoms with Crippen molar-refractivity contribution in [1.82, 2.24) is 4.90 Å². The van der Waals surface area contributed by atoms with Gasteiger partial charge >= 0.3 is 0 Å². The Morgan fingerprint density at radius 2 is 2.17 bits per heavy atom. The molecule has 8 heteroatoms. The van der Waals surface area contributed by atoms with E-state index in [0.717, 1.165) is 5.56 Å². The number of ether oxygens (including phenoxy) is 1. The zero-order chi connectivity index (χ0) is 16.6. The topological polar surface area (TPSA) is 59.0 Å². The fraction of sp³-hybridized carbons (Fsp3) is 0.267. The molecule has 1 unspecified atom stereocenters. The van der Waals surface area contributed by atoms with Gasteiger partial charge in [-0.1, -0.05) is 29.3 Å². The maximum atomic E-state index is 11.8. The minimum atomic E-state index is -3.43. The number of amidine groups is 1. The molecule has 3 rings (SSSR count). The fourth-order valence-corrected chi connectivity index (χ4v) is 3.69. The highest BCUT2D eigenvalue weighted by Gasteiger charge is 2.27. The van der Waals surface area contributed by atoms with Crippen LogP contribution in [0.4, 0.5) is 0 Å². The van der Waals surface area contributed by atoms with Crippen molar-refractivity contribution in [3.8, 4) is 5.75 Å². The number of hydrogen-bond acceptors (Lipinski definition) is 4. The van der Waals surface area contributed by atoms with Crippen LogP contribution in [-0.2, 0) is 10.0 Å². The average molecular weight is 373 g/mol. The first-order valence-corrected chi connectivity index (χ1v) is 9.37. The van der Waals surface area contributed by atoms with E-state index in [0.29, 0.717) is 28.7 Å². The highest BCUT2D eigenvalue weighted by Crippen LogP contribution is 2.32. The second-order valence-electron chi connectivity index (χ2n) is 5.12. The SMILES string of the molecule is CC(Cl)Oc1ccc(C2=CC=CN3CCS(=O)(=O)N=C23)cc1Cl. The van der Waals surface area contributed by atoms with E-state index in [1.807, 2.05) is 23.3 Å². The Bertz CT molecular complexity index is 829. The summed E-state index contributed by atoms with van der Waals surface area (Å²) in [7, 11) is -3.43. The third-order valence-electron chi connectivity index (χ3n) is 3.39. The van der Waals surface area contributed by atoms with Gasteiger partial charge in [-0.15, -0.1) is 4.40 Å². The van der Waals surface area contributed by atoms with E-state index in [2.05, 4.69) is 4.40 Å². The van der Waals surface area contributed by atoms with E-state index in [9.17, 15) is 8.42 Å². The monoisotopic (exact) mass is 372 g/mol. The molecule has 1 aromatic carbocycles. The summed E-state index contributed by atoms with van der Waals surface area (Å²) in [6.07, 6.45) is 5.48. The number of halogens is 2. The van der Waals surface area contributed by atoms with Crippen LogP contribution in [0, 0.1) is 0 Å². The van der Waals surface area contributed by atoms with Gasteiger partial charge in [0, 0.05) is 18.3 Å². The predicted octanol–water partition coefficient (Wildman–Crippen LogP) is 3.26. The van der Waals surface area contributed by atoms with Crippen LogP contribution in [0.25, 0.3) is 5.57 Å². The van der Waals surface area contributed by atoms with E-state index in [1.165, 1.54) is 0 Å². The molecule has 0 amide bonds. The molecule has 0 spiro atoms. The summed E-state index contributed by atoms with van der Waals surface area (Å²) < 4.78 is 32.9. The summed E-state index contributed by atoms with van der Waals surface area (Å²) in [6, 6.07) is 5.22. The van der Waals surface area contributed by atoms with Crippen molar-refractivity contribution in [2.24, 2.45) is 4.40 Å². The lowest BCUT2D eigenvalue weighted by atomic mass is 10.0. The number of fused-ring (bicyclic) bond motifs is 1. The Labute approximate surface area is 144 Å². The Kier molecular flexibility index (Phi) is 4.40. The van der Waals surface area contributed by atoms with E-state index in [4.69, 9.17) is 27.9 Å². The molecule has 0 saturated carbocycles. The first-order chi connectivity index (χ1) is 10.9. The van der Waals surface area contributed by atoms with E-state index >= 15 is 0 Å². The third kappa shape index (κ3) is 3.54. The first-order valence-electron chi connectivity index (χ1n) is 6.94. The van der Waals surface area contributed by atoms with Crippen LogP contribution >= 0.6 is 23.2 Å². The minimum Gasteiger partial charge on any atom is -0.473 e. The fourth-order valence-electron chi connectivity index (χ4n) is 2.38.